The van der Waals surface area contributed by atoms with E-state index in [2.05, 4.69) is 67.1 Å². The zero-order valence-electron chi connectivity index (χ0n) is 17.8. The van der Waals surface area contributed by atoms with Gasteiger partial charge in [0.2, 0.25) is 0 Å². The number of methoxy groups -OCH3 is 1. The van der Waals surface area contributed by atoms with Crippen molar-refractivity contribution in [2.45, 2.75) is 27.3 Å². The predicted octanol–water partition coefficient (Wildman–Crippen LogP) is 5.19. The smallest absolute Gasteiger partial charge is 0.135 e. The van der Waals surface area contributed by atoms with Gasteiger partial charge in [-0.1, -0.05) is 44.2 Å². The molecule has 150 valence electrons. The minimum atomic E-state index is 0.834. The second-order valence-electron chi connectivity index (χ2n) is 7.32. The summed E-state index contributed by atoms with van der Waals surface area (Å²) in [5, 5.41) is 1.11. The van der Waals surface area contributed by atoms with Crippen molar-refractivity contribution >= 4 is 11.0 Å². The molecule has 3 rings (SSSR count). The lowest BCUT2D eigenvalue weighted by atomic mass is 10.0. The van der Waals surface area contributed by atoms with Gasteiger partial charge >= 0.3 is 0 Å². The maximum atomic E-state index is 6.13. The van der Waals surface area contributed by atoms with Gasteiger partial charge in [-0.15, -0.1) is 0 Å². The Morgan fingerprint density at radius 3 is 2.36 bits per heavy atom. The van der Waals surface area contributed by atoms with E-state index >= 15 is 0 Å². The first kappa shape index (κ1) is 20.4. The molecule has 0 atom stereocenters. The number of hydrogen-bond donors (Lipinski definition) is 0. The van der Waals surface area contributed by atoms with Crippen molar-refractivity contribution in [3.63, 3.8) is 0 Å². The van der Waals surface area contributed by atoms with Crippen LogP contribution >= 0.6 is 0 Å². The van der Waals surface area contributed by atoms with Crippen LogP contribution in [0.15, 0.2) is 46.9 Å². The topological polar surface area (TPSA) is 28.9 Å². The average Bonchev–Trinajstić information content (AvgIpc) is 3.03. The first-order valence-electron chi connectivity index (χ1n) is 10.1. The number of benzene rings is 2. The highest BCUT2D eigenvalue weighted by Crippen LogP contribution is 2.38. The molecule has 1 aromatic heterocycles. The highest BCUT2D eigenvalue weighted by molar-refractivity contribution is 5.97. The lowest BCUT2D eigenvalue weighted by Crippen LogP contribution is -2.32. The van der Waals surface area contributed by atoms with E-state index in [1.54, 1.807) is 7.11 Å². The first-order valence-corrected chi connectivity index (χ1v) is 10.1. The Morgan fingerprint density at radius 2 is 1.71 bits per heavy atom. The molecule has 4 heteroatoms. The molecule has 3 aromatic rings. The van der Waals surface area contributed by atoms with Crippen molar-refractivity contribution in [2.24, 2.45) is 0 Å². The summed E-state index contributed by atoms with van der Waals surface area (Å²) in [6, 6.07) is 14.7. The Morgan fingerprint density at radius 1 is 1.00 bits per heavy atom. The third-order valence-electron chi connectivity index (χ3n) is 5.46. The predicted molar refractivity (Wildman–Crippen MR) is 117 cm³/mol. The number of nitrogens with zero attached hydrogens (tertiary/aromatic N) is 2. The molecule has 0 saturated carbocycles. The van der Waals surface area contributed by atoms with Crippen LogP contribution in [0.4, 0.5) is 0 Å². The van der Waals surface area contributed by atoms with Gasteiger partial charge < -0.3 is 19.0 Å². The summed E-state index contributed by atoms with van der Waals surface area (Å²) in [5.74, 6) is 1.86. The zero-order chi connectivity index (χ0) is 20.1. The fourth-order valence-electron chi connectivity index (χ4n) is 3.79. The summed E-state index contributed by atoms with van der Waals surface area (Å²) in [7, 11) is 3.91. The van der Waals surface area contributed by atoms with Crippen molar-refractivity contribution in [3.05, 3.63) is 53.8 Å². The second-order valence-corrected chi connectivity index (χ2v) is 7.32. The molecular weight excluding hydrogens is 348 g/mol. The number of aryl methyl sites for hydroxylation is 1. The van der Waals surface area contributed by atoms with Gasteiger partial charge in [0.15, 0.2) is 0 Å². The van der Waals surface area contributed by atoms with E-state index in [4.69, 9.17) is 9.15 Å². The molecule has 0 spiro atoms. The first-order chi connectivity index (χ1) is 13.6. The lowest BCUT2D eigenvalue weighted by Gasteiger charge is -2.23. The molecule has 0 radical (unpaired) electrons. The van der Waals surface area contributed by atoms with Crippen LogP contribution in [0.1, 0.15) is 25.2 Å². The molecule has 0 N–H and O–H groups in total. The van der Waals surface area contributed by atoms with Crippen molar-refractivity contribution in [2.75, 3.05) is 40.3 Å². The van der Waals surface area contributed by atoms with E-state index in [1.165, 1.54) is 5.56 Å². The van der Waals surface area contributed by atoms with E-state index in [9.17, 15) is 0 Å². The minimum Gasteiger partial charge on any atom is -0.496 e. The maximum Gasteiger partial charge on any atom is 0.135 e. The molecule has 0 aliphatic heterocycles. The lowest BCUT2D eigenvalue weighted by molar-refractivity contribution is 0.235. The van der Waals surface area contributed by atoms with E-state index in [0.717, 1.165) is 66.3 Å². The quantitative estimate of drug-likeness (QED) is 0.511. The summed E-state index contributed by atoms with van der Waals surface area (Å²) in [4.78, 5) is 4.79. The fraction of sp³-hybridized carbons (Fsp3) is 0.417. The maximum absolute atomic E-state index is 6.13. The number of hydrogen-bond acceptors (Lipinski definition) is 4. The van der Waals surface area contributed by atoms with Crippen LogP contribution in [0.25, 0.3) is 22.1 Å². The molecule has 1 heterocycles. The van der Waals surface area contributed by atoms with Crippen molar-refractivity contribution in [1.29, 1.82) is 0 Å². The molecule has 0 amide bonds. The number of rotatable bonds is 9. The van der Waals surface area contributed by atoms with Gasteiger partial charge in [0, 0.05) is 36.1 Å². The van der Waals surface area contributed by atoms with Crippen LogP contribution in [-0.4, -0.2) is 50.1 Å². The molecule has 28 heavy (non-hydrogen) atoms. The van der Waals surface area contributed by atoms with Crippen LogP contribution in [0, 0.1) is 6.92 Å². The highest BCUT2D eigenvalue weighted by Gasteiger charge is 2.17. The molecule has 0 saturated heterocycles. The van der Waals surface area contributed by atoms with Gasteiger partial charge in [0.05, 0.1) is 7.11 Å². The SMILES string of the molecule is CCN(CC)CCN(C)Cc1cc2oc(C)c(-c3ccccc3)c2cc1OC. The normalized spacial score (nSPS) is 11.7. The molecule has 4 nitrogen and oxygen atoms in total. The Labute approximate surface area is 168 Å². The van der Waals surface area contributed by atoms with Gasteiger partial charge in [-0.3, -0.25) is 0 Å². The van der Waals surface area contributed by atoms with E-state index in [-0.39, 0.29) is 0 Å². The number of furan rings is 1. The molecule has 0 aliphatic carbocycles. The number of likely N-dealkylation sites (N-methyl/N-ethyl adjacent to an activating group) is 2. The van der Waals surface area contributed by atoms with Crippen LogP contribution in [0.3, 0.4) is 0 Å². The largest absolute Gasteiger partial charge is 0.496 e. The van der Waals surface area contributed by atoms with Crippen LogP contribution in [0.2, 0.25) is 0 Å². The zero-order valence-corrected chi connectivity index (χ0v) is 17.8. The molecule has 0 fully saturated rings. The van der Waals surface area contributed by atoms with Crippen molar-refractivity contribution in [1.82, 2.24) is 9.80 Å². The van der Waals surface area contributed by atoms with Gasteiger partial charge in [-0.05, 0) is 44.8 Å². The van der Waals surface area contributed by atoms with Crippen LogP contribution in [0.5, 0.6) is 5.75 Å². The van der Waals surface area contributed by atoms with E-state index in [0.29, 0.717) is 0 Å². The Bertz CT molecular complexity index is 898. The molecular formula is C24H32N2O2. The van der Waals surface area contributed by atoms with Gasteiger partial charge in [0.1, 0.15) is 17.1 Å². The minimum absolute atomic E-state index is 0.834. The van der Waals surface area contributed by atoms with E-state index < -0.39 is 0 Å². The second kappa shape index (κ2) is 9.26. The summed E-state index contributed by atoms with van der Waals surface area (Å²) in [6.07, 6.45) is 0. The Kier molecular flexibility index (Phi) is 6.76. The standard InChI is InChI=1S/C24H32N2O2/c1-6-26(7-2)14-13-25(4)17-20-15-23-21(16-22(20)27-5)24(18(3)28-23)19-11-9-8-10-12-19/h8-12,15-16H,6-7,13-14,17H2,1-5H3. The third-order valence-corrected chi connectivity index (χ3v) is 5.46. The Hall–Kier alpha value is -2.30. The molecule has 0 unspecified atom stereocenters. The highest BCUT2D eigenvalue weighted by atomic mass is 16.5. The molecule has 0 aliphatic rings. The fourth-order valence-corrected chi connectivity index (χ4v) is 3.79. The third kappa shape index (κ3) is 4.40. The molecule has 0 bridgehead atoms. The van der Waals surface area contributed by atoms with Crippen molar-refractivity contribution < 1.29 is 9.15 Å². The summed E-state index contributed by atoms with van der Waals surface area (Å²) < 4.78 is 11.9. The van der Waals surface area contributed by atoms with Gasteiger partial charge in [-0.25, -0.2) is 0 Å². The van der Waals surface area contributed by atoms with E-state index in [1.807, 2.05) is 13.0 Å². The number of ether oxygens (including phenoxy) is 1. The van der Waals surface area contributed by atoms with Gasteiger partial charge in [-0.2, -0.15) is 0 Å². The van der Waals surface area contributed by atoms with Gasteiger partial charge in [0.25, 0.3) is 0 Å². The van der Waals surface area contributed by atoms with Crippen LogP contribution in [-0.2, 0) is 6.54 Å². The average molecular weight is 381 g/mol. The summed E-state index contributed by atoms with van der Waals surface area (Å²) in [6.45, 7) is 11.6. The molecule has 2 aromatic carbocycles. The monoisotopic (exact) mass is 380 g/mol. The Balaban J connectivity index is 1.88. The van der Waals surface area contributed by atoms with Crippen molar-refractivity contribution in [3.8, 4) is 16.9 Å². The summed E-state index contributed by atoms with van der Waals surface area (Å²) in [5.41, 5.74) is 4.40. The summed E-state index contributed by atoms with van der Waals surface area (Å²) >= 11 is 0. The number of fused-ring (bicyclic) bond motifs is 1. The van der Waals surface area contributed by atoms with Crippen LogP contribution < -0.4 is 4.74 Å².